The lowest BCUT2D eigenvalue weighted by Gasteiger charge is -2.36. The Bertz CT molecular complexity index is 1580. The molecule has 0 saturated carbocycles. The summed E-state index contributed by atoms with van der Waals surface area (Å²) in [4.78, 5) is 18.6. The summed E-state index contributed by atoms with van der Waals surface area (Å²) < 4.78 is 33.0. The highest BCUT2D eigenvalue weighted by molar-refractivity contribution is 6.17. The maximum absolute atomic E-state index is 13.8. The zero-order valence-corrected chi connectivity index (χ0v) is 25.3. The molecule has 232 valence electrons. The molecule has 2 fully saturated rings. The smallest absolute Gasteiger partial charge is 0.258 e. The summed E-state index contributed by atoms with van der Waals surface area (Å²) in [7, 11) is 0. The van der Waals surface area contributed by atoms with Crippen molar-refractivity contribution in [2.24, 2.45) is 0 Å². The minimum atomic E-state index is -0.613. The average Bonchev–Trinajstić information content (AvgIpc) is 3.42. The fraction of sp³-hybridized carbons (Fsp3) is 0.394. The molecule has 1 amide bonds. The molecule has 0 aliphatic carbocycles. The molecule has 0 atom stereocenters. The van der Waals surface area contributed by atoms with Crippen LogP contribution in [0.4, 0.5) is 26.0 Å². The first kappa shape index (κ1) is 30.3. The van der Waals surface area contributed by atoms with Crippen molar-refractivity contribution < 1.29 is 18.3 Å². The molecule has 11 heteroatoms. The van der Waals surface area contributed by atoms with Gasteiger partial charge in [0.2, 0.25) is 0 Å². The van der Waals surface area contributed by atoms with Gasteiger partial charge in [-0.1, -0.05) is 6.07 Å². The van der Waals surface area contributed by atoms with Crippen molar-refractivity contribution in [3.63, 3.8) is 0 Å². The number of rotatable bonds is 10. The van der Waals surface area contributed by atoms with Gasteiger partial charge in [-0.2, -0.15) is 5.10 Å². The Morgan fingerprint density at radius 1 is 0.977 bits per heavy atom. The first-order valence-corrected chi connectivity index (χ1v) is 15.7. The van der Waals surface area contributed by atoms with E-state index in [0.717, 1.165) is 85.9 Å². The summed E-state index contributed by atoms with van der Waals surface area (Å²) in [5, 5.41) is 14.7. The van der Waals surface area contributed by atoms with Gasteiger partial charge in [0.1, 0.15) is 11.6 Å². The average molecular weight is 623 g/mol. The van der Waals surface area contributed by atoms with Crippen molar-refractivity contribution in [3.05, 3.63) is 82.9 Å². The standard InChI is InChI=1S/C33H37ClF2N6O2/c34-8-1-9-41-10-12-42(13-11-41)27-3-4-28(31(21-27)37-26-6-14-44-15-7-26)33(43)38-32-29-19-22(2-5-30(29)39-40-32)16-23-17-24(35)20-25(36)18-23/h2-5,17-21,26,37H,1,6-16H2,(H2,38,39,40,43). The van der Waals surface area contributed by atoms with Gasteiger partial charge in [0.25, 0.3) is 5.91 Å². The Morgan fingerprint density at radius 3 is 2.50 bits per heavy atom. The number of aromatic amines is 1. The van der Waals surface area contributed by atoms with Crippen LogP contribution < -0.4 is 15.5 Å². The normalized spacial score (nSPS) is 16.4. The third-order valence-corrected chi connectivity index (χ3v) is 8.63. The van der Waals surface area contributed by atoms with E-state index < -0.39 is 11.6 Å². The first-order valence-electron chi connectivity index (χ1n) is 15.2. The second-order valence-electron chi connectivity index (χ2n) is 11.5. The molecule has 2 aliphatic rings. The van der Waals surface area contributed by atoms with Crippen LogP contribution in [0.3, 0.4) is 0 Å². The SMILES string of the molecule is O=C(Nc1n[nH]c2ccc(Cc3cc(F)cc(F)c3)cc12)c1ccc(N2CCN(CCCCl)CC2)cc1NC1CCOCC1. The van der Waals surface area contributed by atoms with Gasteiger partial charge < -0.3 is 20.3 Å². The number of alkyl halides is 1. The molecule has 3 aromatic carbocycles. The van der Waals surface area contributed by atoms with E-state index in [4.69, 9.17) is 16.3 Å². The molecule has 8 nitrogen and oxygen atoms in total. The molecule has 3 heterocycles. The van der Waals surface area contributed by atoms with Crippen LogP contribution in [0.25, 0.3) is 10.9 Å². The fourth-order valence-corrected chi connectivity index (χ4v) is 6.13. The Hall–Kier alpha value is -3.73. The highest BCUT2D eigenvalue weighted by Gasteiger charge is 2.22. The number of piperazine rings is 1. The molecule has 6 rings (SSSR count). The molecule has 44 heavy (non-hydrogen) atoms. The molecule has 0 bridgehead atoms. The summed E-state index contributed by atoms with van der Waals surface area (Å²) in [5.41, 5.74) is 4.51. The number of fused-ring (bicyclic) bond motifs is 1. The Morgan fingerprint density at radius 2 is 1.75 bits per heavy atom. The lowest BCUT2D eigenvalue weighted by molar-refractivity contribution is 0.0904. The van der Waals surface area contributed by atoms with E-state index >= 15 is 0 Å². The van der Waals surface area contributed by atoms with E-state index in [0.29, 0.717) is 42.5 Å². The summed E-state index contributed by atoms with van der Waals surface area (Å²) in [6.07, 6.45) is 3.06. The fourth-order valence-electron chi connectivity index (χ4n) is 6.01. The Labute approximate surface area is 260 Å². The molecular weight excluding hydrogens is 586 g/mol. The molecule has 3 N–H and O–H groups in total. The summed E-state index contributed by atoms with van der Waals surface area (Å²) in [6, 6.07) is 15.3. The topological polar surface area (TPSA) is 85.5 Å². The highest BCUT2D eigenvalue weighted by atomic mass is 35.5. The number of nitrogens with zero attached hydrogens (tertiary/aromatic N) is 3. The minimum Gasteiger partial charge on any atom is -0.381 e. The lowest BCUT2D eigenvalue weighted by atomic mass is 10.0. The van der Waals surface area contributed by atoms with E-state index in [1.807, 2.05) is 30.3 Å². The van der Waals surface area contributed by atoms with Crippen LogP contribution in [-0.2, 0) is 11.2 Å². The van der Waals surface area contributed by atoms with Crippen molar-refractivity contribution in [1.82, 2.24) is 15.1 Å². The third-order valence-electron chi connectivity index (χ3n) is 8.36. The number of amides is 1. The zero-order chi connectivity index (χ0) is 30.5. The van der Waals surface area contributed by atoms with Gasteiger partial charge in [0, 0.05) is 74.1 Å². The third kappa shape index (κ3) is 7.31. The van der Waals surface area contributed by atoms with E-state index in [-0.39, 0.29) is 11.9 Å². The summed E-state index contributed by atoms with van der Waals surface area (Å²) in [6.45, 7) is 6.16. The quantitative estimate of drug-likeness (QED) is 0.187. The van der Waals surface area contributed by atoms with Crippen LogP contribution in [0.15, 0.2) is 54.6 Å². The van der Waals surface area contributed by atoms with Crippen LogP contribution in [0.1, 0.15) is 40.7 Å². The number of H-pyrrole nitrogens is 1. The van der Waals surface area contributed by atoms with Gasteiger partial charge in [-0.15, -0.1) is 11.6 Å². The Kier molecular flexibility index (Phi) is 9.59. The van der Waals surface area contributed by atoms with Gasteiger partial charge in [0.15, 0.2) is 5.82 Å². The molecule has 4 aromatic rings. The second-order valence-corrected chi connectivity index (χ2v) is 11.9. The molecule has 2 aliphatic heterocycles. The van der Waals surface area contributed by atoms with Crippen LogP contribution in [0.5, 0.6) is 0 Å². The number of halogens is 3. The van der Waals surface area contributed by atoms with Crippen molar-refractivity contribution in [2.75, 3.05) is 67.4 Å². The predicted octanol–water partition coefficient (Wildman–Crippen LogP) is 6.03. The Balaban J connectivity index is 1.22. The summed E-state index contributed by atoms with van der Waals surface area (Å²) >= 11 is 5.89. The van der Waals surface area contributed by atoms with Gasteiger partial charge in [-0.05, 0) is 85.8 Å². The molecule has 1 aromatic heterocycles. The highest BCUT2D eigenvalue weighted by Crippen LogP contribution is 2.29. The maximum Gasteiger partial charge on any atom is 0.258 e. The van der Waals surface area contributed by atoms with Gasteiger partial charge in [0.05, 0.1) is 11.1 Å². The molecule has 0 spiro atoms. The number of carbonyl (C=O) groups excluding carboxylic acids is 1. The largest absolute Gasteiger partial charge is 0.381 e. The van der Waals surface area contributed by atoms with Crippen LogP contribution in [0, 0.1) is 11.6 Å². The van der Waals surface area contributed by atoms with Crippen molar-refractivity contribution in [2.45, 2.75) is 31.7 Å². The van der Waals surface area contributed by atoms with E-state index in [9.17, 15) is 13.6 Å². The van der Waals surface area contributed by atoms with E-state index in [1.54, 1.807) is 0 Å². The van der Waals surface area contributed by atoms with E-state index in [1.165, 1.54) is 12.1 Å². The van der Waals surface area contributed by atoms with Gasteiger partial charge >= 0.3 is 0 Å². The second kappa shape index (κ2) is 13.9. The molecule has 0 unspecified atom stereocenters. The van der Waals surface area contributed by atoms with Crippen LogP contribution >= 0.6 is 11.6 Å². The number of aromatic nitrogens is 2. The zero-order valence-electron chi connectivity index (χ0n) is 24.6. The van der Waals surface area contributed by atoms with E-state index in [2.05, 4.69) is 36.7 Å². The van der Waals surface area contributed by atoms with Crippen molar-refractivity contribution in [3.8, 4) is 0 Å². The predicted molar refractivity (Wildman–Crippen MR) is 171 cm³/mol. The molecule has 2 saturated heterocycles. The number of ether oxygens (including phenoxy) is 1. The van der Waals surface area contributed by atoms with Crippen LogP contribution in [-0.4, -0.2) is 78.9 Å². The number of hydrogen-bond donors (Lipinski definition) is 3. The van der Waals surface area contributed by atoms with Gasteiger partial charge in [-0.3, -0.25) is 14.8 Å². The first-order chi connectivity index (χ1) is 21.4. The number of benzene rings is 3. The number of nitrogens with one attached hydrogen (secondary N) is 3. The van der Waals surface area contributed by atoms with Gasteiger partial charge in [-0.25, -0.2) is 8.78 Å². The lowest BCUT2D eigenvalue weighted by Crippen LogP contribution is -2.46. The number of carbonyl (C=O) groups is 1. The van der Waals surface area contributed by atoms with Crippen LogP contribution in [0.2, 0.25) is 0 Å². The molecular formula is C33H37ClF2N6O2. The summed E-state index contributed by atoms with van der Waals surface area (Å²) in [5.74, 6) is -0.429. The monoisotopic (exact) mass is 622 g/mol. The van der Waals surface area contributed by atoms with Crippen molar-refractivity contribution in [1.29, 1.82) is 0 Å². The maximum atomic E-state index is 13.8. The minimum absolute atomic E-state index is 0.208. The van der Waals surface area contributed by atoms with Crippen molar-refractivity contribution >= 4 is 45.6 Å². The number of hydrogen-bond acceptors (Lipinski definition) is 6. The molecule has 0 radical (unpaired) electrons. The number of anilines is 3.